The highest BCUT2D eigenvalue weighted by molar-refractivity contribution is 8.18. The fraction of sp³-hybridized carbons (Fsp3) is 0.0870. The van der Waals surface area contributed by atoms with Gasteiger partial charge in [0, 0.05) is 0 Å². The summed E-state index contributed by atoms with van der Waals surface area (Å²) in [5, 5.41) is 18.6. The molecule has 156 valence electrons. The number of carbonyl (C=O) groups excluding carboxylic acids is 1. The van der Waals surface area contributed by atoms with Crippen molar-refractivity contribution in [3.63, 3.8) is 0 Å². The third kappa shape index (κ3) is 4.87. The van der Waals surface area contributed by atoms with E-state index in [9.17, 15) is 9.90 Å². The van der Waals surface area contributed by atoms with Crippen LogP contribution in [0, 0.1) is 0 Å². The second-order valence-corrected chi connectivity index (χ2v) is 7.56. The smallest absolute Gasteiger partial charge is 0.267 e. The molecule has 4 rings (SSSR count). The molecule has 1 aliphatic rings. The number of ether oxygens (including phenoxy) is 1. The van der Waals surface area contributed by atoms with E-state index in [-0.39, 0.29) is 18.2 Å². The molecule has 0 aliphatic carbocycles. The third-order valence-corrected chi connectivity index (χ3v) is 5.43. The average Bonchev–Trinajstić information content (AvgIpc) is 3.40. The number of carbonyl (C=O) groups is 1. The maximum Gasteiger partial charge on any atom is 0.267 e. The van der Waals surface area contributed by atoms with Crippen LogP contribution in [0.1, 0.15) is 16.9 Å². The molecule has 2 aromatic carbocycles. The molecule has 8 heteroatoms. The first-order valence-electron chi connectivity index (χ1n) is 9.41. The lowest BCUT2D eigenvalue weighted by Gasteiger charge is -2.12. The van der Waals surface area contributed by atoms with Crippen LogP contribution in [-0.4, -0.2) is 34.4 Å². The minimum atomic E-state index is -0.162. The number of hydrogen-bond donors (Lipinski definition) is 1. The minimum absolute atomic E-state index is 0.0447. The molecular weight excluding hydrogens is 414 g/mol. The Morgan fingerprint density at radius 2 is 1.97 bits per heavy atom. The summed E-state index contributed by atoms with van der Waals surface area (Å²) in [7, 11) is 1.48. The standard InChI is InChI=1S/C23H19N3O4S/c1-29-20-12-17(9-10-19(20)27)14-24-25-23-26(15-18-8-5-11-30-18)22(28)21(31-23)13-16-6-3-2-4-7-16/h2-14,27H,15H2,1H3/b21-13-,24-14+,25-23-. The van der Waals surface area contributed by atoms with Gasteiger partial charge >= 0.3 is 0 Å². The number of furan rings is 1. The zero-order chi connectivity index (χ0) is 21.6. The van der Waals surface area contributed by atoms with E-state index in [4.69, 9.17) is 9.15 Å². The Balaban J connectivity index is 1.61. The zero-order valence-corrected chi connectivity index (χ0v) is 17.5. The van der Waals surface area contributed by atoms with Gasteiger partial charge in [0.25, 0.3) is 5.91 Å². The Morgan fingerprint density at radius 1 is 1.13 bits per heavy atom. The van der Waals surface area contributed by atoms with E-state index >= 15 is 0 Å². The van der Waals surface area contributed by atoms with Crippen LogP contribution in [0.4, 0.5) is 0 Å². The number of rotatable bonds is 6. The molecule has 0 bridgehead atoms. The van der Waals surface area contributed by atoms with Crippen molar-refractivity contribution >= 4 is 35.1 Å². The fourth-order valence-electron chi connectivity index (χ4n) is 2.90. The summed E-state index contributed by atoms with van der Waals surface area (Å²) in [5.74, 6) is 0.873. The summed E-state index contributed by atoms with van der Waals surface area (Å²) >= 11 is 1.26. The van der Waals surface area contributed by atoms with Gasteiger partial charge in [-0.2, -0.15) is 5.10 Å². The molecule has 0 spiro atoms. The minimum Gasteiger partial charge on any atom is -0.504 e. The highest BCUT2D eigenvalue weighted by Crippen LogP contribution is 2.34. The van der Waals surface area contributed by atoms with Crippen molar-refractivity contribution in [2.75, 3.05) is 7.11 Å². The van der Waals surface area contributed by atoms with E-state index in [1.807, 2.05) is 36.4 Å². The summed E-state index contributed by atoms with van der Waals surface area (Å²) in [6.07, 6.45) is 4.93. The lowest BCUT2D eigenvalue weighted by Crippen LogP contribution is -2.28. The number of benzene rings is 2. The van der Waals surface area contributed by atoms with Gasteiger partial charge in [-0.3, -0.25) is 9.69 Å². The average molecular weight is 433 g/mol. The molecule has 2 heterocycles. The predicted octanol–water partition coefficient (Wildman–Crippen LogP) is 4.50. The molecule has 1 fully saturated rings. The Morgan fingerprint density at radius 3 is 2.71 bits per heavy atom. The van der Waals surface area contributed by atoms with E-state index < -0.39 is 0 Å². The van der Waals surface area contributed by atoms with E-state index in [1.165, 1.54) is 36.1 Å². The first-order chi connectivity index (χ1) is 15.1. The molecule has 1 aromatic heterocycles. The van der Waals surface area contributed by atoms with Crippen molar-refractivity contribution in [1.29, 1.82) is 0 Å². The molecule has 31 heavy (non-hydrogen) atoms. The van der Waals surface area contributed by atoms with Crippen molar-refractivity contribution in [3.05, 3.63) is 88.7 Å². The number of hydrogen-bond acceptors (Lipinski definition) is 7. The number of phenolic OH excluding ortho intramolecular Hbond substituents is 1. The maximum atomic E-state index is 13.0. The Bertz CT molecular complexity index is 1150. The maximum absolute atomic E-state index is 13.0. The number of aromatic hydroxyl groups is 1. The number of phenols is 1. The number of methoxy groups -OCH3 is 1. The monoisotopic (exact) mass is 433 g/mol. The van der Waals surface area contributed by atoms with Crippen molar-refractivity contribution < 1.29 is 19.1 Å². The zero-order valence-electron chi connectivity index (χ0n) is 16.6. The normalized spacial score (nSPS) is 16.7. The molecule has 1 amide bonds. The predicted molar refractivity (Wildman–Crippen MR) is 121 cm³/mol. The first-order valence-corrected chi connectivity index (χ1v) is 10.2. The Hall–Kier alpha value is -3.78. The Labute approximate surface area is 183 Å². The van der Waals surface area contributed by atoms with Crippen LogP contribution in [0.25, 0.3) is 6.08 Å². The van der Waals surface area contributed by atoms with Crippen LogP contribution in [-0.2, 0) is 11.3 Å². The summed E-state index contributed by atoms with van der Waals surface area (Å²) < 4.78 is 10.5. The highest BCUT2D eigenvalue weighted by Gasteiger charge is 2.34. The van der Waals surface area contributed by atoms with Crippen LogP contribution >= 0.6 is 11.8 Å². The summed E-state index contributed by atoms with van der Waals surface area (Å²) in [4.78, 5) is 15.1. The fourth-order valence-corrected chi connectivity index (χ4v) is 3.84. The first kappa shape index (κ1) is 20.5. The van der Waals surface area contributed by atoms with Gasteiger partial charge in [-0.05, 0) is 59.3 Å². The van der Waals surface area contributed by atoms with Crippen LogP contribution < -0.4 is 4.74 Å². The summed E-state index contributed by atoms with van der Waals surface area (Å²) in [6, 6.07) is 18.1. The molecule has 1 saturated heterocycles. The second kappa shape index (κ2) is 9.36. The number of amidine groups is 1. The van der Waals surface area contributed by atoms with Crippen molar-refractivity contribution in [3.8, 4) is 11.5 Å². The van der Waals surface area contributed by atoms with Gasteiger partial charge in [0.1, 0.15) is 5.76 Å². The van der Waals surface area contributed by atoms with Crippen LogP contribution in [0.15, 0.2) is 86.5 Å². The third-order valence-electron chi connectivity index (χ3n) is 4.43. The number of nitrogens with zero attached hydrogens (tertiary/aromatic N) is 3. The molecule has 0 radical (unpaired) electrons. The molecule has 7 nitrogen and oxygen atoms in total. The molecule has 0 atom stereocenters. The quantitative estimate of drug-likeness (QED) is 0.351. The van der Waals surface area contributed by atoms with Crippen molar-refractivity contribution in [1.82, 2.24) is 4.90 Å². The largest absolute Gasteiger partial charge is 0.504 e. The molecule has 1 N–H and O–H groups in total. The van der Waals surface area contributed by atoms with Gasteiger partial charge < -0.3 is 14.3 Å². The van der Waals surface area contributed by atoms with Gasteiger partial charge in [-0.25, -0.2) is 0 Å². The molecule has 0 saturated carbocycles. The van der Waals surface area contributed by atoms with Crippen LogP contribution in [0.2, 0.25) is 0 Å². The molecule has 0 unspecified atom stereocenters. The second-order valence-electron chi connectivity index (χ2n) is 6.55. The van der Waals surface area contributed by atoms with E-state index in [2.05, 4.69) is 10.2 Å². The molecular formula is C23H19N3O4S. The van der Waals surface area contributed by atoms with Gasteiger partial charge in [-0.1, -0.05) is 30.3 Å². The van der Waals surface area contributed by atoms with Crippen molar-refractivity contribution in [2.45, 2.75) is 6.54 Å². The number of amides is 1. The van der Waals surface area contributed by atoms with Gasteiger partial charge in [0.2, 0.25) is 0 Å². The number of thioether (sulfide) groups is 1. The summed E-state index contributed by atoms with van der Waals surface area (Å²) in [6.45, 7) is 0.256. The molecule has 1 aliphatic heterocycles. The Kier molecular flexibility index (Phi) is 6.18. The highest BCUT2D eigenvalue weighted by atomic mass is 32.2. The SMILES string of the molecule is COc1cc(/C=N/N=C2\S/C(=C\c3ccccc3)C(=O)N2Cc2ccco2)ccc1O. The van der Waals surface area contributed by atoms with Crippen LogP contribution in [0.5, 0.6) is 11.5 Å². The van der Waals surface area contributed by atoms with E-state index in [0.29, 0.717) is 27.1 Å². The van der Waals surface area contributed by atoms with E-state index in [0.717, 1.165) is 5.56 Å². The lowest BCUT2D eigenvalue weighted by molar-refractivity contribution is -0.122. The topological polar surface area (TPSA) is 87.6 Å². The van der Waals surface area contributed by atoms with Crippen molar-refractivity contribution in [2.24, 2.45) is 10.2 Å². The van der Waals surface area contributed by atoms with Gasteiger partial charge in [0.15, 0.2) is 16.7 Å². The lowest BCUT2D eigenvalue weighted by atomic mass is 10.2. The molecule has 3 aromatic rings. The van der Waals surface area contributed by atoms with Crippen LogP contribution in [0.3, 0.4) is 0 Å². The van der Waals surface area contributed by atoms with E-state index in [1.54, 1.807) is 30.5 Å². The van der Waals surface area contributed by atoms with Gasteiger partial charge in [-0.15, -0.1) is 5.10 Å². The summed E-state index contributed by atoms with van der Waals surface area (Å²) in [5.41, 5.74) is 1.63. The van der Waals surface area contributed by atoms with Gasteiger partial charge in [0.05, 0.1) is 31.0 Å².